The maximum atomic E-state index is 13.6. The summed E-state index contributed by atoms with van der Waals surface area (Å²) >= 11 is 0. The highest BCUT2D eigenvalue weighted by atomic mass is 19.1. The lowest BCUT2D eigenvalue weighted by atomic mass is 10.0. The third-order valence-corrected chi connectivity index (χ3v) is 3.38. The maximum Gasteiger partial charge on any atom is 0.246 e. The molecule has 0 saturated carbocycles. The zero-order chi connectivity index (χ0) is 12.6. The topological polar surface area (TPSA) is 51.0 Å². The third-order valence-electron chi connectivity index (χ3n) is 3.38. The average molecular weight is 247 g/mol. The Kier molecular flexibility index (Phi) is 2.63. The molecule has 2 aromatic rings. The average Bonchev–Trinajstić information content (AvgIpc) is 2.99. The van der Waals surface area contributed by atoms with Crippen molar-refractivity contribution in [2.24, 2.45) is 0 Å². The predicted octanol–water partition coefficient (Wildman–Crippen LogP) is 2.47. The third kappa shape index (κ3) is 1.80. The van der Waals surface area contributed by atoms with E-state index < -0.39 is 0 Å². The number of benzene rings is 1. The SMILES string of the molecule is CC1(c2nc(-c3ccccc3F)no2)CCCN1. The van der Waals surface area contributed by atoms with Crippen molar-refractivity contribution in [3.63, 3.8) is 0 Å². The van der Waals surface area contributed by atoms with Crippen molar-refractivity contribution in [2.45, 2.75) is 25.3 Å². The fourth-order valence-electron chi connectivity index (χ4n) is 2.28. The summed E-state index contributed by atoms with van der Waals surface area (Å²) in [5.74, 6) is 0.491. The minimum Gasteiger partial charge on any atom is -0.337 e. The predicted molar refractivity (Wildman–Crippen MR) is 64.3 cm³/mol. The van der Waals surface area contributed by atoms with Crippen LogP contribution in [0.15, 0.2) is 28.8 Å². The van der Waals surface area contributed by atoms with Crippen molar-refractivity contribution in [2.75, 3.05) is 6.54 Å². The van der Waals surface area contributed by atoms with Gasteiger partial charge in [0.05, 0.1) is 11.1 Å². The highest BCUT2D eigenvalue weighted by Crippen LogP contribution is 2.30. The quantitative estimate of drug-likeness (QED) is 0.885. The minimum atomic E-state index is -0.339. The summed E-state index contributed by atoms with van der Waals surface area (Å²) in [7, 11) is 0. The van der Waals surface area contributed by atoms with E-state index >= 15 is 0 Å². The Morgan fingerprint density at radius 3 is 2.94 bits per heavy atom. The summed E-state index contributed by atoms with van der Waals surface area (Å²) in [5, 5.41) is 7.21. The van der Waals surface area contributed by atoms with Gasteiger partial charge in [0, 0.05) is 0 Å². The van der Waals surface area contributed by atoms with Crippen LogP contribution in [-0.2, 0) is 5.54 Å². The first kappa shape index (κ1) is 11.3. The first-order valence-electron chi connectivity index (χ1n) is 6.03. The molecule has 1 fully saturated rings. The molecule has 1 aliphatic heterocycles. The van der Waals surface area contributed by atoms with Crippen molar-refractivity contribution >= 4 is 0 Å². The Morgan fingerprint density at radius 2 is 2.22 bits per heavy atom. The molecule has 0 amide bonds. The molecule has 0 bridgehead atoms. The van der Waals surface area contributed by atoms with E-state index in [1.54, 1.807) is 18.2 Å². The van der Waals surface area contributed by atoms with Gasteiger partial charge in [-0.05, 0) is 38.4 Å². The van der Waals surface area contributed by atoms with Gasteiger partial charge in [0.1, 0.15) is 5.82 Å². The molecular weight excluding hydrogens is 233 g/mol. The van der Waals surface area contributed by atoms with Gasteiger partial charge >= 0.3 is 0 Å². The van der Waals surface area contributed by atoms with Gasteiger partial charge in [-0.2, -0.15) is 4.98 Å². The van der Waals surface area contributed by atoms with E-state index in [1.165, 1.54) is 6.07 Å². The maximum absolute atomic E-state index is 13.6. The van der Waals surface area contributed by atoms with Gasteiger partial charge in [-0.25, -0.2) is 4.39 Å². The molecule has 1 aliphatic rings. The van der Waals surface area contributed by atoms with E-state index in [0.29, 0.717) is 17.3 Å². The van der Waals surface area contributed by atoms with Gasteiger partial charge in [-0.1, -0.05) is 17.3 Å². The van der Waals surface area contributed by atoms with E-state index in [-0.39, 0.29) is 11.4 Å². The molecule has 1 unspecified atom stereocenters. The fraction of sp³-hybridized carbons (Fsp3) is 0.385. The van der Waals surface area contributed by atoms with Gasteiger partial charge in [0.25, 0.3) is 0 Å². The Bertz CT molecular complexity index is 561. The summed E-state index contributed by atoms with van der Waals surface area (Å²) in [5.41, 5.74) is 0.0883. The second-order valence-corrected chi connectivity index (χ2v) is 4.77. The second kappa shape index (κ2) is 4.17. The number of nitrogens with one attached hydrogen (secondary N) is 1. The van der Waals surface area contributed by atoms with Crippen LogP contribution in [0.5, 0.6) is 0 Å². The summed E-state index contributed by atoms with van der Waals surface area (Å²) in [6.45, 7) is 2.96. The van der Waals surface area contributed by atoms with Crippen LogP contribution in [0.1, 0.15) is 25.7 Å². The van der Waals surface area contributed by atoms with Crippen LogP contribution in [0.2, 0.25) is 0 Å². The Morgan fingerprint density at radius 1 is 1.39 bits per heavy atom. The Balaban J connectivity index is 1.97. The van der Waals surface area contributed by atoms with Crippen LogP contribution in [0.3, 0.4) is 0 Å². The van der Waals surface area contributed by atoms with Crippen LogP contribution in [0.4, 0.5) is 4.39 Å². The molecule has 18 heavy (non-hydrogen) atoms. The van der Waals surface area contributed by atoms with Crippen molar-refractivity contribution < 1.29 is 8.91 Å². The monoisotopic (exact) mass is 247 g/mol. The zero-order valence-electron chi connectivity index (χ0n) is 10.1. The van der Waals surface area contributed by atoms with E-state index in [1.807, 2.05) is 6.92 Å². The molecule has 2 heterocycles. The van der Waals surface area contributed by atoms with Crippen LogP contribution >= 0.6 is 0 Å². The van der Waals surface area contributed by atoms with E-state index in [4.69, 9.17) is 4.52 Å². The van der Waals surface area contributed by atoms with Crippen LogP contribution in [0.25, 0.3) is 11.4 Å². The molecule has 3 rings (SSSR count). The summed E-state index contributed by atoms with van der Waals surface area (Å²) in [6, 6.07) is 6.43. The van der Waals surface area contributed by atoms with E-state index in [9.17, 15) is 4.39 Å². The minimum absolute atomic E-state index is 0.281. The number of hydrogen-bond acceptors (Lipinski definition) is 4. The van der Waals surface area contributed by atoms with Crippen LogP contribution in [0, 0.1) is 5.82 Å². The van der Waals surface area contributed by atoms with E-state index in [0.717, 1.165) is 19.4 Å². The van der Waals surface area contributed by atoms with Crippen molar-refractivity contribution in [1.29, 1.82) is 0 Å². The smallest absolute Gasteiger partial charge is 0.246 e. The van der Waals surface area contributed by atoms with Gasteiger partial charge in [-0.15, -0.1) is 0 Å². The van der Waals surface area contributed by atoms with Gasteiger partial charge in [0.15, 0.2) is 0 Å². The summed E-state index contributed by atoms with van der Waals surface area (Å²) in [4.78, 5) is 4.31. The molecule has 0 aliphatic carbocycles. The lowest BCUT2D eigenvalue weighted by Crippen LogP contribution is -2.33. The molecule has 94 valence electrons. The Labute approximate surface area is 104 Å². The largest absolute Gasteiger partial charge is 0.337 e. The second-order valence-electron chi connectivity index (χ2n) is 4.77. The molecule has 0 radical (unpaired) electrons. The van der Waals surface area contributed by atoms with Crippen molar-refractivity contribution in [3.05, 3.63) is 36.0 Å². The van der Waals surface area contributed by atoms with Crippen LogP contribution < -0.4 is 5.32 Å². The standard InChI is InChI=1S/C13H14FN3O/c1-13(7-4-8-15-13)12-16-11(17-18-12)9-5-2-3-6-10(9)14/h2-3,5-6,15H,4,7-8H2,1H3. The zero-order valence-corrected chi connectivity index (χ0v) is 10.1. The highest BCUT2D eigenvalue weighted by Gasteiger charge is 2.35. The summed E-state index contributed by atoms with van der Waals surface area (Å²) < 4.78 is 18.9. The molecule has 1 saturated heterocycles. The lowest BCUT2D eigenvalue weighted by Gasteiger charge is -2.18. The highest BCUT2D eigenvalue weighted by molar-refractivity contribution is 5.54. The lowest BCUT2D eigenvalue weighted by molar-refractivity contribution is 0.275. The number of rotatable bonds is 2. The molecule has 4 nitrogen and oxygen atoms in total. The molecule has 1 N–H and O–H groups in total. The fourth-order valence-corrected chi connectivity index (χ4v) is 2.28. The number of aromatic nitrogens is 2. The normalized spacial score (nSPS) is 23.4. The number of nitrogens with zero attached hydrogens (tertiary/aromatic N) is 2. The van der Waals surface area contributed by atoms with Crippen LogP contribution in [-0.4, -0.2) is 16.7 Å². The molecule has 0 spiro atoms. The van der Waals surface area contributed by atoms with Gasteiger partial charge in [0.2, 0.25) is 11.7 Å². The van der Waals surface area contributed by atoms with Gasteiger partial charge < -0.3 is 9.84 Å². The molecule has 5 heteroatoms. The molecular formula is C13H14FN3O. The molecule has 1 aromatic heterocycles. The number of hydrogen-bond donors (Lipinski definition) is 1. The first-order valence-corrected chi connectivity index (χ1v) is 6.03. The van der Waals surface area contributed by atoms with Crippen molar-refractivity contribution in [3.8, 4) is 11.4 Å². The summed E-state index contributed by atoms with van der Waals surface area (Å²) in [6.07, 6.45) is 2.03. The van der Waals surface area contributed by atoms with E-state index in [2.05, 4.69) is 15.5 Å². The molecule has 1 aromatic carbocycles. The van der Waals surface area contributed by atoms with Crippen molar-refractivity contribution in [1.82, 2.24) is 15.5 Å². The first-order chi connectivity index (χ1) is 8.69. The Hall–Kier alpha value is -1.75. The number of halogens is 1. The van der Waals surface area contributed by atoms with Gasteiger partial charge in [-0.3, -0.25) is 0 Å². The molecule has 1 atom stereocenters.